The summed E-state index contributed by atoms with van der Waals surface area (Å²) < 4.78 is 29.6. The average Bonchev–Trinajstić information content (AvgIpc) is 3.40. The monoisotopic (exact) mass is 378 g/mol. The second kappa shape index (κ2) is 6.66. The van der Waals surface area contributed by atoms with Crippen molar-refractivity contribution in [1.29, 1.82) is 0 Å². The van der Waals surface area contributed by atoms with Gasteiger partial charge in [-0.3, -0.25) is 4.79 Å². The van der Waals surface area contributed by atoms with Crippen LogP contribution in [0.15, 0.2) is 55.0 Å². The third kappa shape index (κ3) is 2.77. The van der Waals surface area contributed by atoms with Crippen LogP contribution in [-0.4, -0.2) is 15.3 Å². The van der Waals surface area contributed by atoms with Crippen LogP contribution in [-0.2, 0) is 4.79 Å². The van der Waals surface area contributed by atoms with Crippen LogP contribution >= 0.6 is 0 Å². The number of nitrogens with zero attached hydrogens (tertiary/aromatic N) is 2. The number of hydrogen-bond acceptors (Lipinski definition) is 2. The van der Waals surface area contributed by atoms with Crippen molar-refractivity contribution < 1.29 is 13.6 Å². The first-order valence-corrected chi connectivity index (χ1v) is 9.70. The summed E-state index contributed by atoms with van der Waals surface area (Å²) >= 11 is 0. The Morgan fingerprint density at radius 2 is 1.93 bits per heavy atom. The third-order valence-corrected chi connectivity index (χ3v) is 6.29. The van der Waals surface area contributed by atoms with E-state index < -0.39 is 0 Å². The lowest BCUT2D eigenvalue weighted by Gasteiger charge is -2.17. The van der Waals surface area contributed by atoms with Gasteiger partial charge < -0.3 is 4.57 Å². The van der Waals surface area contributed by atoms with Crippen molar-refractivity contribution in [1.82, 2.24) is 9.55 Å². The molecule has 0 saturated heterocycles. The molecule has 5 rings (SSSR count). The van der Waals surface area contributed by atoms with Gasteiger partial charge in [0.2, 0.25) is 0 Å². The Morgan fingerprint density at radius 3 is 2.75 bits per heavy atom. The van der Waals surface area contributed by atoms with Gasteiger partial charge >= 0.3 is 0 Å². The Bertz CT molecular complexity index is 1040. The molecule has 3 unspecified atom stereocenters. The van der Waals surface area contributed by atoms with Gasteiger partial charge in [0.25, 0.3) is 0 Å². The second-order valence-corrected chi connectivity index (χ2v) is 7.83. The van der Waals surface area contributed by atoms with E-state index in [2.05, 4.69) is 4.98 Å². The van der Waals surface area contributed by atoms with E-state index in [1.807, 2.05) is 22.8 Å². The molecule has 3 nitrogen and oxygen atoms in total. The summed E-state index contributed by atoms with van der Waals surface area (Å²) in [5, 5.41) is 0. The quantitative estimate of drug-likeness (QED) is 0.620. The molecule has 5 heteroatoms. The van der Waals surface area contributed by atoms with Gasteiger partial charge in [-0.05, 0) is 48.9 Å². The number of hydrogen-bond donors (Lipinski definition) is 0. The van der Waals surface area contributed by atoms with Gasteiger partial charge in [0.15, 0.2) is 0 Å². The maximum absolute atomic E-state index is 14.6. The number of carbonyl (C=O) groups is 1. The van der Waals surface area contributed by atoms with Crippen LogP contribution in [0.5, 0.6) is 0 Å². The topological polar surface area (TPSA) is 34.9 Å². The van der Waals surface area contributed by atoms with E-state index in [-0.39, 0.29) is 41.7 Å². The number of halogens is 2. The average molecular weight is 378 g/mol. The fourth-order valence-electron chi connectivity index (χ4n) is 4.87. The molecule has 142 valence electrons. The van der Waals surface area contributed by atoms with Crippen molar-refractivity contribution in [2.75, 3.05) is 0 Å². The molecule has 1 aliphatic heterocycles. The van der Waals surface area contributed by atoms with Gasteiger partial charge in [-0.1, -0.05) is 24.3 Å². The molecule has 3 aromatic rings. The predicted octanol–water partition coefficient (Wildman–Crippen LogP) is 5.27. The summed E-state index contributed by atoms with van der Waals surface area (Å²) in [5.41, 5.74) is 3.38. The normalized spacial score (nSPS) is 22.9. The zero-order chi connectivity index (χ0) is 19.3. The molecule has 0 amide bonds. The Labute approximate surface area is 162 Å². The van der Waals surface area contributed by atoms with Crippen molar-refractivity contribution in [3.63, 3.8) is 0 Å². The highest BCUT2D eigenvalue weighted by Crippen LogP contribution is 2.45. The van der Waals surface area contributed by atoms with E-state index in [0.29, 0.717) is 5.56 Å². The highest BCUT2D eigenvalue weighted by molar-refractivity contribution is 5.83. The number of Topliss-reactive ketones (excluding diaryl/α,β-unsaturated/α-hetero) is 1. The van der Waals surface area contributed by atoms with E-state index in [0.717, 1.165) is 36.1 Å². The van der Waals surface area contributed by atoms with Crippen LogP contribution in [0.2, 0.25) is 0 Å². The van der Waals surface area contributed by atoms with Crippen LogP contribution in [0.4, 0.5) is 8.78 Å². The summed E-state index contributed by atoms with van der Waals surface area (Å²) in [6, 6.07) is 11.3. The molecular weight excluding hydrogens is 358 g/mol. The highest BCUT2D eigenvalue weighted by Gasteiger charge is 2.36. The number of fused-ring (bicyclic) bond motifs is 3. The largest absolute Gasteiger partial charge is 0.322 e. The van der Waals surface area contributed by atoms with E-state index in [4.69, 9.17) is 0 Å². The molecule has 2 heterocycles. The van der Waals surface area contributed by atoms with Gasteiger partial charge in [0.1, 0.15) is 17.4 Å². The molecule has 3 atom stereocenters. The minimum Gasteiger partial charge on any atom is -0.322 e. The lowest BCUT2D eigenvalue weighted by Crippen LogP contribution is -2.18. The highest BCUT2D eigenvalue weighted by atomic mass is 19.1. The fourth-order valence-corrected chi connectivity index (χ4v) is 4.87. The summed E-state index contributed by atoms with van der Waals surface area (Å²) in [4.78, 5) is 17.3. The van der Waals surface area contributed by atoms with Crippen LogP contribution in [0.25, 0.3) is 11.3 Å². The van der Waals surface area contributed by atoms with Crippen LogP contribution < -0.4 is 0 Å². The van der Waals surface area contributed by atoms with Crippen molar-refractivity contribution >= 4 is 5.78 Å². The van der Waals surface area contributed by atoms with E-state index in [9.17, 15) is 13.6 Å². The smallest absolute Gasteiger partial charge is 0.138 e. The molecule has 0 bridgehead atoms. The molecule has 0 spiro atoms. The molecule has 1 aromatic heterocycles. The first-order valence-electron chi connectivity index (χ1n) is 9.70. The van der Waals surface area contributed by atoms with Crippen molar-refractivity contribution in [3.8, 4) is 11.3 Å². The number of carbonyl (C=O) groups excluding carboxylic acids is 1. The number of rotatable bonds is 4. The van der Waals surface area contributed by atoms with Crippen LogP contribution in [0.1, 0.15) is 48.8 Å². The predicted molar refractivity (Wildman–Crippen MR) is 102 cm³/mol. The van der Waals surface area contributed by atoms with Gasteiger partial charge in [0, 0.05) is 23.5 Å². The van der Waals surface area contributed by atoms with Gasteiger partial charge in [-0.15, -0.1) is 0 Å². The Balaban J connectivity index is 1.35. The maximum atomic E-state index is 14.6. The van der Waals surface area contributed by atoms with Gasteiger partial charge in [-0.25, -0.2) is 13.8 Å². The first-order chi connectivity index (χ1) is 13.6. The van der Waals surface area contributed by atoms with E-state index >= 15 is 0 Å². The van der Waals surface area contributed by atoms with Crippen LogP contribution in [0, 0.1) is 17.6 Å². The standard InChI is InChI=1S/C23H20F2N2O/c24-17-8-6-14(7-9-17)15-4-5-16(10-15)22(28)11-20-23-18(2-1-3-19(23)25)21-12-26-13-27(20)21/h1-3,6-9,12-13,15-16,20H,4-5,10-11H2. The van der Waals surface area contributed by atoms with E-state index in [1.165, 1.54) is 18.2 Å². The Kier molecular flexibility index (Phi) is 4.11. The summed E-state index contributed by atoms with van der Waals surface area (Å²) in [6.45, 7) is 0. The first kappa shape index (κ1) is 17.3. The van der Waals surface area contributed by atoms with E-state index in [1.54, 1.807) is 18.6 Å². The number of benzene rings is 2. The van der Waals surface area contributed by atoms with Crippen molar-refractivity contribution in [2.45, 2.75) is 37.6 Å². The van der Waals surface area contributed by atoms with Crippen molar-refractivity contribution in [3.05, 3.63) is 77.8 Å². The lowest BCUT2D eigenvalue weighted by molar-refractivity contribution is -0.123. The number of ketones is 1. The maximum Gasteiger partial charge on any atom is 0.138 e. The minimum absolute atomic E-state index is 0.0298. The summed E-state index contributed by atoms with van der Waals surface area (Å²) in [7, 11) is 0. The summed E-state index contributed by atoms with van der Waals surface area (Å²) in [6.07, 6.45) is 6.21. The molecule has 28 heavy (non-hydrogen) atoms. The lowest BCUT2D eigenvalue weighted by atomic mass is 9.91. The van der Waals surface area contributed by atoms with Crippen LogP contribution in [0.3, 0.4) is 0 Å². The molecule has 0 radical (unpaired) electrons. The van der Waals surface area contributed by atoms with Crippen molar-refractivity contribution in [2.24, 2.45) is 5.92 Å². The molecule has 2 aromatic carbocycles. The molecule has 1 fully saturated rings. The molecule has 0 N–H and O–H groups in total. The molecule has 1 aliphatic carbocycles. The minimum atomic E-state index is -0.328. The zero-order valence-electron chi connectivity index (χ0n) is 15.3. The van der Waals surface area contributed by atoms with Gasteiger partial charge in [-0.2, -0.15) is 0 Å². The SMILES string of the molecule is O=C(CC1c2c(F)cccc2-c2cncn21)C1CCC(c2ccc(F)cc2)C1. The summed E-state index contributed by atoms with van der Waals surface area (Å²) in [5.74, 6) is -0.0868. The van der Waals surface area contributed by atoms with Gasteiger partial charge in [0.05, 0.1) is 24.3 Å². The molecular formula is C23H20F2N2O. The molecule has 2 aliphatic rings. The zero-order valence-corrected chi connectivity index (χ0v) is 15.3. The fraction of sp³-hybridized carbons (Fsp3) is 0.304. The second-order valence-electron chi connectivity index (χ2n) is 7.83. The molecule has 1 saturated carbocycles. The Morgan fingerprint density at radius 1 is 1.11 bits per heavy atom. The number of aromatic nitrogens is 2. The third-order valence-electron chi connectivity index (χ3n) is 6.29. The number of imidazole rings is 1. The Hall–Kier alpha value is -2.82.